The lowest BCUT2D eigenvalue weighted by atomic mass is 10.0. The third-order valence-electron chi connectivity index (χ3n) is 2.66. The number of nitrogens with two attached hydrogens (primary N) is 1. The number of carbonyl (C=O) groups excluding carboxylic acids is 1. The van der Waals surface area contributed by atoms with Crippen LogP contribution in [-0.4, -0.2) is 27.9 Å². The van der Waals surface area contributed by atoms with Crippen molar-refractivity contribution in [2.45, 2.75) is 20.0 Å². The van der Waals surface area contributed by atoms with Crippen molar-refractivity contribution in [1.82, 2.24) is 15.4 Å². The van der Waals surface area contributed by atoms with Crippen molar-refractivity contribution < 1.29 is 9.53 Å². The van der Waals surface area contributed by atoms with Gasteiger partial charge in [0.1, 0.15) is 5.69 Å². The number of nitrogens with one attached hydrogen (secondary N) is 1. The number of amides is 1. The highest BCUT2D eigenvalue weighted by atomic mass is 16.5. The molecule has 0 spiro atoms. The number of rotatable bonds is 6. The molecule has 19 heavy (non-hydrogen) atoms. The van der Waals surface area contributed by atoms with E-state index in [2.05, 4.69) is 22.3 Å². The Balaban J connectivity index is 2.33. The highest BCUT2D eigenvalue weighted by Gasteiger charge is 2.17. The van der Waals surface area contributed by atoms with Gasteiger partial charge in [0.05, 0.1) is 6.61 Å². The zero-order valence-corrected chi connectivity index (χ0v) is 10.7. The molecule has 0 fully saturated rings. The van der Waals surface area contributed by atoms with E-state index in [4.69, 9.17) is 10.5 Å². The van der Waals surface area contributed by atoms with Crippen LogP contribution in [0, 0.1) is 0 Å². The van der Waals surface area contributed by atoms with Crippen LogP contribution in [0.15, 0.2) is 24.3 Å². The highest BCUT2D eigenvalue weighted by Crippen LogP contribution is 2.24. The summed E-state index contributed by atoms with van der Waals surface area (Å²) in [5, 5.41) is 10.2. The van der Waals surface area contributed by atoms with E-state index in [0.29, 0.717) is 18.9 Å². The van der Waals surface area contributed by atoms with Crippen molar-refractivity contribution >= 4 is 5.91 Å². The van der Waals surface area contributed by atoms with Gasteiger partial charge in [-0.25, -0.2) is 0 Å². The number of hydrogen-bond donors (Lipinski definition) is 2. The third kappa shape index (κ3) is 2.97. The summed E-state index contributed by atoms with van der Waals surface area (Å²) in [6.45, 7) is 3.21. The van der Waals surface area contributed by atoms with E-state index < -0.39 is 5.91 Å². The van der Waals surface area contributed by atoms with E-state index >= 15 is 0 Å². The number of benzene rings is 1. The van der Waals surface area contributed by atoms with Crippen LogP contribution in [0.5, 0.6) is 0 Å². The molecule has 3 N–H and O–H groups in total. The standard InChI is InChI=1S/C13H16N4O2/c1-2-7-19-8-9-5-3-4-6-10(9)11-12(13(14)18)16-17-15-11/h3-6H,2,7-8H2,1H3,(H2,14,18)(H,15,16,17). The van der Waals surface area contributed by atoms with Gasteiger partial charge in [-0.15, -0.1) is 0 Å². The van der Waals surface area contributed by atoms with E-state index in [-0.39, 0.29) is 5.69 Å². The Morgan fingerprint density at radius 2 is 2.16 bits per heavy atom. The predicted octanol–water partition coefficient (Wildman–Crippen LogP) is 1.50. The van der Waals surface area contributed by atoms with Gasteiger partial charge in [0.2, 0.25) is 0 Å². The van der Waals surface area contributed by atoms with E-state index in [1.54, 1.807) is 0 Å². The first-order chi connectivity index (χ1) is 9.24. The number of ether oxygens (including phenoxy) is 1. The lowest BCUT2D eigenvalue weighted by Crippen LogP contribution is -2.13. The maximum atomic E-state index is 11.3. The van der Waals surface area contributed by atoms with Gasteiger partial charge in [0.15, 0.2) is 5.69 Å². The number of primary amides is 1. The molecule has 0 saturated carbocycles. The van der Waals surface area contributed by atoms with Crippen molar-refractivity contribution in [2.24, 2.45) is 5.73 Å². The number of hydrogen-bond acceptors (Lipinski definition) is 4. The predicted molar refractivity (Wildman–Crippen MR) is 70.3 cm³/mol. The van der Waals surface area contributed by atoms with Crippen LogP contribution in [0.1, 0.15) is 29.4 Å². The molecule has 6 nitrogen and oxygen atoms in total. The highest BCUT2D eigenvalue weighted by molar-refractivity contribution is 5.96. The summed E-state index contributed by atoms with van der Waals surface area (Å²) in [5.74, 6) is -0.604. The minimum Gasteiger partial charge on any atom is -0.377 e. The monoisotopic (exact) mass is 260 g/mol. The maximum Gasteiger partial charge on any atom is 0.271 e. The van der Waals surface area contributed by atoms with Gasteiger partial charge < -0.3 is 10.5 Å². The first-order valence-corrected chi connectivity index (χ1v) is 6.10. The third-order valence-corrected chi connectivity index (χ3v) is 2.66. The second-order valence-electron chi connectivity index (χ2n) is 4.09. The summed E-state index contributed by atoms with van der Waals surface area (Å²) >= 11 is 0. The fourth-order valence-corrected chi connectivity index (χ4v) is 1.79. The number of aromatic nitrogens is 3. The van der Waals surface area contributed by atoms with Crippen molar-refractivity contribution in [1.29, 1.82) is 0 Å². The second kappa shape index (κ2) is 6.10. The molecule has 1 amide bonds. The first kappa shape index (κ1) is 13.2. The average Bonchev–Trinajstić information content (AvgIpc) is 2.89. The van der Waals surface area contributed by atoms with E-state index in [0.717, 1.165) is 17.5 Å². The molecule has 0 radical (unpaired) electrons. The van der Waals surface area contributed by atoms with E-state index in [1.807, 2.05) is 24.3 Å². The zero-order chi connectivity index (χ0) is 13.7. The smallest absolute Gasteiger partial charge is 0.271 e. The number of H-pyrrole nitrogens is 1. The Bertz CT molecular complexity index is 565. The van der Waals surface area contributed by atoms with Crippen LogP contribution in [0.2, 0.25) is 0 Å². The van der Waals surface area contributed by atoms with Crippen LogP contribution >= 0.6 is 0 Å². The van der Waals surface area contributed by atoms with Gasteiger partial charge in [-0.1, -0.05) is 31.2 Å². The molecule has 0 aliphatic rings. The molecule has 2 aromatic rings. The van der Waals surface area contributed by atoms with Gasteiger partial charge in [-0.3, -0.25) is 4.79 Å². The Morgan fingerprint density at radius 1 is 1.37 bits per heavy atom. The molecular weight excluding hydrogens is 244 g/mol. The molecule has 0 atom stereocenters. The quantitative estimate of drug-likeness (QED) is 0.769. The molecule has 1 heterocycles. The molecule has 1 aromatic heterocycles. The Morgan fingerprint density at radius 3 is 2.89 bits per heavy atom. The van der Waals surface area contributed by atoms with Gasteiger partial charge in [-0.05, 0) is 12.0 Å². The van der Waals surface area contributed by atoms with Crippen molar-refractivity contribution in [2.75, 3.05) is 6.61 Å². The number of carbonyl (C=O) groups is 1. The largest absolute Gasteiger partial charge is 0.377 e. The SMILES string of the molecule is CCCOCc1ccccc1-c1n[nH]nc1C(N)=O. The van der Waals surface area contributed by atoms with Gasteiger partial charge in [-0.2, -0.15) is 15.4 Å². The molecule has 0 saturated heterocycles. The molecule has 0 aliphatic carbocycles. The van der Waals surface area contributed by atoms with Crippen LogP contribution in [0.3, 0.4) is 0 Å². The minimum absolute atomic E-state index is 0.142. The Hall–Kier alpha value is -2.21. The summed E-state index contributed by atoms with van der Waals surface area (Å²) in [5.41, 5.74) is 7.64. The van der Waals surface area contributed by atoms with E-state index in [9.17, 15) is 4.79 Å². The molecule has 1 aromatic carbocycles. The topological polar surface area (TPSA) is 93.9 Å². The van der Waals surface area contributed by atoms with Gasteiger partial charge in [0, 0.05) is 12.2 Å². The minimum atomic E-state index is -0.604. The number of aromatic amines is 1. The number of nitrogens with zero attached hydrogens (tertiary/aromatic N) is 2. The van der Waals surface area contributed by atoms with Gasteiger partial charge >= 0.3 is 0 Å². The molecule has 0 aliphatic heterocycles. The Labute approximate surface area is 111 Å². The van der Waals surface area contributed by atoms with Crippen molar-refractivity contribution in [3.8, 4) is 11.3 Å². The van der Waals surface area contributed by atoms with Crippen molar-refractivity contribution in [3.63, 3.8) is 0 Å². The summed E-state index contributed by atoms with van der Waals surface area (Å²) < 4.78 is 5.53. The lowest BCUT2D eigenvalue weighted by Gasteiger charge is -2.08. The first-order valence-electron chi connectivity index (χ1n) is 6.10. The summed E-state index contributed by atoms with van der Waals surface area (Å²) in [6, 6.07) is 7.59. The molecule has 0 unspecified atom stereocenters. The van der Waals surface area contributed by atoms with Crippen LogP contribution in [0.25, 0.3) is 11.3 Å². The van der Waals surface area contributed by atoms with Crippen LogP contribution < -0.4 is 5.73 Å². The van der Waals surface area contributed by atoms with Crippen molar-refractivity contribution in [3.05, 3.63) is 35.5 Å². The second-order valence-corrected chi connectivity index (χ2v) is 4.09. The summed E-state index contributed by atoms with van der Waals surface area (Å²) in [7, 11) is 0. The Kier molecular flexibility index (Phi) is 4.25. The summed E-state index contributed by atoms with van der Waals surface area (Å²) in [4.78, 5) is 11.3. The molecular formula is C13H16N4O2. The van der Waals surface area contributed by atoms with Crippen LogP contribution in [0.4, 0.5) is 0 Å². The van der Waals surface area contributed by atoms with E-state index in [1.165, 1.54) is 0 Å². The molecule has 100 valence electrons. The molecule has 6 heteroatoms. The molecule has 2 rings (SSSR count). The zero-order valence-electron chi connectivity index (χ0n) is 10.7. The lowest BCUT2D eigenvalue weighted by molar-refractivity contribution is 0.0996. The maximum absolute atomic E-state index is 11.3. The fourth-order valence-electron chi connectivity index (χ4n) is 1.79. The summed E-state index contributed by atoms with van der Waals surface area (Å²) in [6.07, 6.45) is 0.957. The normalized spacial score (nSPS) is 10.6. The van der Waals surface area contributed by atoms with Crippen LogP contribution in [-0.2, 0) is 11.3 Å². The average molecular weight is 260 g/mol. The van der Waals surface area contributed by atoms with Gasteiger partial charge in [0.25, 0.3) is 5.91 Å². The fraction of sp³-hybridized carbons (Fsp3) is 0.308. The molecule has 0 bridgehead atoms.